The third-order valence-corrected chi connectivity index (χ3v) is 1.72. The smallest absolute Gasteiger partial charge is 0.0647 e. The van der Waals surface area contributed by atoms with Crippen LogP contribution in [0.4, 0.5) is 0 Å². The fourth-order valence-corrected chi connectivity index (χ4v) is 1.01. The molecule has 2 aliphatic rings. The van der Waals surface area contributed by atoms with Crippen molar-refractivity contribution in [3.8, 4) is 0 Å². The lowest BCUT2D eigenvalue weighted by molar-refractivity contribution is 0.762. The van der Waals surface area contributed by atoms with Gasteiger partial charge in [0.15, 0.2) is 0 Å². The monoisotopic (exact) mass is 107 g/mol. The van der Waals surface area contributed by atoms with E-state index >= 15 is 0 Å². The van der Waals surface area contributed by atoms with Crippen LogP contribution in [0.5, 0.6) is 0 Å². The Hall–Kier alpha value is -0.720. The molecule has 0 unspecified atom stereocenters. The van der Waals surface area contributed by atoms with E-state index in [4.69, 9.17) is 0 Å². The van der Waals surface area contributed by atoms with Crippen molar-refractivity contribution in [2.45, 2.75) is 12.8 Å². The second kappa shape index (κ2) is 1.16. The Kier molecular flexibility index (Phi) is 0.608. The van der Waals surface area contributed by atoms with Gasteiger partial charge in [0.1, 0.15) is 0 Å². The van der Waals surface area contributed by atoms with Crippen molar-refractivity contribution in [2.24, 2.45) is 0 Å². The molecule has 0 aliphatic carbocycles. The quantitative estimate of drug-likeness (QED) is 0.390. The molecule has 1 saturated heterocycles. The van der Waals surface area contributed by atoms with Crippen LogP contribution in [-0.2, 0) is 0 Å². The molecule has 0 radical (unpaired) electrons. The predicted molar refractivity (Wildman–Crippen MR) is 33.2 cm³/mol. The van der Waals surface area contributed by atoms with E-state index in [0.29, 0.717) is 0 Å². The summed E-state index contributed by atoms with van der Waals surface area (Å²) in [5, 5.41) is 0. The second-order valence-electron chi connectivity index (χ2n) is 2.31. The van der Waals surface area contributed by atoms with E-state index in [0.717, 1.165) is 6.42 Å². The van der Waals surface area contributed by atoms with Crippen molar-refractivity contribution in [3.05, 3.63) is 24.0 Å². The molecule has 1 fully saturated rings. The highest BCUT2D eigenvalue weighted by Crippen LogP contribution is 2.49. The molecule has 0 bridgehead atoms. The fraction of sp³-hybridized carbons (Fsp3) is 0.429. The molecule has 0 atom stereocenters. The summed E-state index contributed by atoms with van der Waals surface area (Å²) < 4.78 is 0. The van der Waals surface area contributed by atoms with Crippen LogP contribution >= 0.6 is 0 Å². The van der Waals surface area contributed by atoms with E-state index in [1.54, 1.807) is 11.4 Å². The van der Waals surface area contributed by atoms with Crippen LogP contribution in [0, 0.1) is 0 Å². The van der Waals surface area contributed by atoms with Crippen molar-refractivity contribution in [1.29, 1.82) is 0 Å². The summed E-state index contributed by atoms with van der Waals surface area (Å²) >= 11 is 0. The molecule has 0 N–H and O–H groups in total. The summed E-state index contributed by atoms with van der Waals surface area (Å²) in [6.45, 7) is 4.93. The maximum absolute atomic E-state index is 3.66. The van der Waals surface area contributed by atoms with Gasteiger partial charge in [-0.1, -0.05) is 6.08 Å². The molecule has 0 saturated carbocycles. The number of hydrogen-bond acceptors (Lipinski definition) is 1. The Balaban J connectivity index is 1.78. The lowest BCUT2D eigenvalue weighted by Crippen LogP contribution is -1.83. The average Bonchev–Trinajstić information content (AvgIpc) is 2.50. The van der Waals surface area contributed by atoms with Gasteiger partial charge in [0, 0.05) is 5.70 Å². The van der Waals surface area contributed by atoms with Gasteiger partial charge in [0.2, 0.25) is 0 Å². The normalized spacial score (nSPS) is 20.8. The zero-order valence-electron chi connectivity index (χ0n) is 4.85. The van der Waals surface area contributed by atoms with Gasteiger partial charge in [0.05, 0.1) is 12.2 Å². The summed E-state index contributed by atoms with van der Waals surface area (Å²) in [5.41, 5.74) is 3.19. The zero-order valence-corrected chi connectivity index (χ0v) is 4.85. The second-order valence-corrected chi connectivity index (χ2v) is 2.31. The molecule has 42 valence electrons. The number of fused-ring (bicyclic) bond motifs is 1. The van der Waals surface area contributed by atoms with Crippen molar-refractivity contribution < 1.29 is 0 Å². The highest BCUT2D eigenvalue weighted by molar-refractivity contribution is 5.47. The van der Waals surface area contributed by atoms with E-state index < -0.39 is 0 Å². The van der Waals surface area contributed by atoms with E-state index in [1.165, 1.54) is 13.0 Å². The van der Waals surface area contributed by atoms with Crippen molar-refractivity contribution >= 4 is 0 Å². The van der Waals surface area contributed by atoms with Crippen LogP contribution in [0.15, 0.2) is 24.0 Å². The first-order valence-corrected chi connectivity index (χ1v) is 3.04. The van der Waals surface area contributed by atoms with Crippen LogP contribution < -0.4 is 0 Å². The highest BCUT2D eigenvalue weighted by Gasteiger charge is 2.46. The summed E-state index contributed by atoms with van der Waals surface area (Å²) in [7, 11) is 0. The molecular weight excluding hydrogens is 98.1 g/mol. The molecule has 0 aromatic carbocycles. The molecule has 8 heavy (non-hydrogen) atoms. The first kappa shape index (κ1) is 4.19. The SMILES string of the molecule is C=CCCC1=C2CN12. The van der Waals surface area contributed by atoms with Gasteiger partial charge in [-0.3, -0.25) is 0 Å². The lowest BCUT2D eigenvalue weighted by atomic mass is 10.2. The molecule has 0 amide bonds. The summed E-state index contributed by atoms with van der Waals surface area (Å²) in [4.78, 5) is 2.35. The van der Waals surface area contributed by atoms with Crippen molar-refractivity contribution in [1.82, 2.24) is 4.90 Å². The predicted octanol–water partition coefficient (Wildman–Crippen LogP) is 1.49. The van der Waals surface area contributed by atoms with E-state index in [-0.39, 0.29) is 0 Å². The molecule has 0 aromatic rings. The molecule has 1 nitrogen and oxygen atoms in total. The third kappa shape index (κ3) is 0.414. The largest absolute Gasteiger partial charge is 0.338 e. The van der Waals surface area contributed by atoms with Gasteiger partial charge in [-0.2, -0.15) is 0 Å². The summed E-state index contributed by atoms with van der Waals surface area (Å²) in [6.07, 6.45) is 4.36. The maximum Gasteiger partial charge on any atom is 0.0647 e. The van der Waals surface area contributed by atoms with E-state index in [1.807, 2.05) is 6.08 Å². The first-order valence-electron chi connectivity index (χ1n) is 3.04. The maximum atomic E-state index is 3.66. The van der Waals surface area contributed by atoms with Crippen molar-refractivity contribution in [3.63, 3.8) is 0 Å². The lowest BCUT2D eigenvalue weighted by Gasteiger charge is -1.90. The van der Waals surface area contributed by atoms with Gasteiger partial charge in [-0.25, -0.2) is 0 Å². The van der Waals surface area contributed by atoms with Crippen LogP contribution in [0.2, 0.25) is 0 Å². The van der Waals surface area contributed by atoms with Crippen molar-refractivity contribution in [2.75, 3.05) is 6.54 Å². The van der Waals surface area contributed by atoms with Crippen LogP contribution in [0.25, 0.3) is 0 Å². The highest BCUT2D eigenvalue weighted by atomic mass is 15.4. The van der Waals surface area contributed by atoms with Crippen LogP contribution in [-0.4, -0.2) is 11.4 Å². The molecule has 2 aliphatic heterocycles. The fourth-order valence-electron chi connectivity index (χ4n) is 1.01. The number of allylic oxidation sites excluding steroid dienone is 2. The first-order chi connectivity index (χ1) is 3.93. The molecule has 2 rings (SSSR count). The standard InChI is InChI=1S/C7H9N/c1-2-3-4-6-7-5-8(6)7/h2H,1,3-5H2. The average molecular weight is 107 g/mol. The molecule has 0 aromatic heterocycles. The number of nitrogens with zero attached hydrogens (tertiary/aromatic N) is 1. The van der Waals surface area contributed by atoms with Gasteiger partial charge >= 0.3 is 0 Å². The number of rotatable bonds is 3. The van der Waals surface area contributed by atoms with Gasteiger partial charge in [-0.05, 0) is 12.8 Å². The third-order valence-electron chi connectivity index (χ3n) is 1.72. The Labute approximate surface area is 49.3 Å². The van der Waals surface area contributed by atoms with Gasteiger partial charge in [-0.15, -0.1) is 6.58 Å². The Morgan fingerprint density at radius 2 is 2.50 bits per heavy atom. The van der Waals surface area contributed by atoms with Gasteiger partial charge in [0.25, 0.3) is 0 Å². The molecule has 1 heteroatoms. The minimum atomic E-state index is 1.15. The molecule has 0 spiro atoms. The topological polar surface area (TPSA) is 3.01 Å². The Morgan fingerprint density at radius 1 is 1.75 bits per heavy atom. The minimum absolute atomic E-state index is 1.15. The summed E-state index contributed by atoms with van der Waals surface area (Å²) in [5.74, 6) is 0. The van der Waals surface area contributed by atoms with Gasteiger partial charge < -0.3 is 4.90 Å². The number of hydrogen-bond donors (Lipinski definition) is 0. The zero-order chi connectivity index (χ0) is 5.56. The Bertz CT molecular complexity index is 167. The van der Waals surface area contributed by atoms with Crippen LogP contribution in [0.3, 0.4) is 0 Å². The molecule has 2 heterocycles. The minimum Gasteiger partial charge on any atom is -0.338 e. The van der Waals surface area contributed by atoms with E-state index in [2.05, 4.69) is 11.5 Å². The summed E-state index contributed by atoms with van der Waals surface area (Å²) in [6, 6.07) is 0. The molecular formula is C7H9N. The van der Waals surface area contributed by atoms with E-state index in [9.17, 15) is 0 Å². The van der Waals surface area contributed by atoms with Crippen LogP contribution in [0.1, 0.15) is 12.8 Å². The Morgan fingerprint density at radius 3 is 2.88 bits per heavy atom.